The Hall–Kier alpha value is -2.01. The fraction of sp³-hybridized carbons (Fsp3) is 0.600. The molecule has 228 valence electrons. The average molecular weight is 613 g/mol. The zero-order valence-corrected chi connectivity index (χ0v) is 26.3. The molecule has 1 N–H and O–H groups in total. The Morgan fingerprint density at radius 2 is 1.85 bits per heavy atom. The Morgan fingerprint density at radius 1 is 1.15 bits per heavy atom. The number of carbonyl (C=O) groups is 1. The summed E-state index contributed by atoms with van der Waals surface area (Å²) in [6.07, 6.45) is 0.387. The molecule has 41 heavy (non-hydrogen) atoms. The zero-order valence-electron chi connectivity index (χ0n) is 24.7. The summed E-state index contributed by atoms with van der Waals surface area (Å²) in [5, 5.41) is 3.60. The molecule has 0 bridgehead atoms. The first-order chi connectivity index (χ1) is 18.5. The van der Waals surface area contributed by atoms with Crippen molar-refractivity contribution in [3.05, 3.63) is 63.3 Å². The third kappa shape index (κ3) is 7.14. The minimum atomic E-state index is -0.354. The molecule has 3 aliphatic rings. The van der Waals surface area contributed by atoms with Crippen LogP contribution in [0.2, 0.25) is 0 Å². The molecule has 0 aliphatic carbocycles. The largest absolute Gasteiger partial charge is 0.379 e. The molecule has 0 unspecified atom stereocenters. The van der Waals surface area contributed by atoms with Crippen molar-refractivity contribution < 1.29 is 13.9 Å². The number of pyridine rings is 1. The molecule has 4 heterocycles. The van der Waals surface area contributed by atoms with Crippen LogP contribution in [0.5, 0.6) is 0 Å². The first-order valence-corrected chi connectivity index (χ1v) is 14.1. The van der Waals surface area contributed by atoms with E-state index in [1.54, 1.807) is 23.7 Å². The summed E-state index contributed by atoms with van der Waals surface area (Å²) in [4.78, 5) is 34.0. The SMILES string of the molecule is C[C@@H]1CN(CC(=O)N2CC(C)(C)c3c2cc(Cc2ccc(F)cc2)c(=O)n3C)[C@@H](CN2CCOC[C@H]2C)CN1.Cl.Cl. The van der Waals surface area contributed by atoms with Crippen LogP contribution in [-0.4, -0.2) is 90.9 Å². The standard InChI is InChI=1S/C30H42FN5O3.2ClH/c1-20-15-35(25(14-32-20)16-34-10-11-39-18-21(34)2)17-27(37)36-19-30(3,4)28-26(36)13-23(29(38)33(28)5)12-22-6-8-24(31)9-7-22;;/h6-9,13,20-21,25,32H,10-12,14-19H2,1-5H3;2*1H/t20-,21-,25-;;/m1../s1. The summed E-state index contributed by atoms with van der Waals surface area (Å²) in [5.74, 6) is -0.245. The monoisotopic (exact) mass is 611 g/mol. The van der Waals surface area contributed by atoms with Gasteiger partial charge in [0.1, 0.15) is 5.82 Å². The van der Waals surface area contributed by atoms with Crippen molar-refractivity contribution in [2.45, 2.75) is 57.7 Å². The van der Waals surface area contributed by atoms with E-state index in [0.717, 1.165) is 56.3 Å². The van der Waals surface area contributed by atoms with Crippen molar-refractivity contribution in [1.29, 1.82) is 0 Å². The van der Waals surface area contributed by atoms with Gasteiger partial charge in [-0.05, 0) is 37.6 Å². The Balaban J connectivity index is 0.00000231. The van der Waals surface area contributed by atoms with Gasteiger partial charge < -0.3 is 19.5 Å². The molecule has 1 amide bonds. The Bertz CT molecular complexity index is 1270. The van der Waals surface area contributed by atoms with E-state index in [0.29, 0.717) is 37.2 Å². The van der Waals surface area contributed by atoms with Gasteiger partial charge in [-0.25, -0.2) is 4.39 Å². The Kier molecular flexibility index (Phi) is 11.0. The minimum absolute atomic E-state index is 0. The van der Waals surface area contributed by atoms with Crippen molar-refractivity contribution in [3.8, 4) is 0 Å². The van der Waals surface area contributed by atoms with E-state index in [9.17, 15) is 14.0 Å². The van der Waals surface area contributed by atoms with Crippen LogP contribution in [0.3, 0.4) is 0 Å². The van der Waals surface area contributed by atoms with Crippen molar-refractivity contribution in [2.75, 3.05) is 57.4 Å². The summed E-state index contributed by atoms with van der Waals surface area (Å²) in [6.45, 7) is 14.4. The molecule has 0 spiro atoms. The highest BCUT2D eigenvalue weighted by atomic mass is 35.5. The molecule has 0 radical (unpaired) electrons. The summed E-state index contributed by atoms with van der Waals surface area (Å²) < 4.78 is 20.8. The van der Waals surface area contributed by atoms with E-state index in [1.165, 1.54) is 12.1 Å². The van der Waals surface area contributed by atoms with Crippen molar-refractivity contribution in [1.82, 2.24) is 19.7 Å². The van der Waals surface area contributed by atoms with E-state index in [4.69, 9.17) is 4.74 Å². The maximum absolute atomic E-state index is 14.0. The number of nitrogens with one attached hydrogen (secondary N) is 1. The fourth-order valence-corrected chi connectivity index (χ4v) is 6.48. The van der Waals surface area contributed by atoms with Crippen LogP contribution in [0.4, 0.5) is 10.1 Å². The highest BCUT2D eigenvalue weighted by molar-refractivity contribution is 5.97. The molecule has 1 aromatic carbocycles. The maximum Gasteiger partial charge on any atom is 0.254 e. The second-order valence-electron chi connectivity index (χ2n) is 12.2. The molecular formula is C30H44Cl2FN5O3. The predicted molar refractivity (Wildman–Crippen MR) is 165 cm³/mol. The van der Waals surface area contributed by atoms with Gasteiger partial charge >= 0.3 is 0 Å². The Morgan fingerprint density at radius 3 is 2.54 bits per heavy atom. The molecule has 3 aliphatic heterocycles. The smallest absolute Gasteiger partial charge is 0.254 e. The van der Waals surface area contributed by atoms with Gasteiger partial charge in [0.05, 0.1) is 31.1 Å². The van der Waals surface area contributed by atoms with E-state index in [2.05, 4.69) is 42.8 Å². The van der Waals surface area contributed by atoms with Gasteiger partial charge in [0, 0.05) is 75.3 Å². The number of benzene rings is 1. The lowest BCUT2D eigenvalue weighted by atomic mass is 9.90. The Labute approximate surface area is 255 Å². The average Bonchev–Trinajstić information content (AvgIpc) is 3.16. The van der Waals surface area contributed by atoms with Gasteiger partial charge in [-0.2, -0.15) is 0 Å². The number of fused-ring (bicyclic) bond motifs is 1. The fourth-order valence-electron chi connectivity index (χ4n) is 6.48. The molecule has 5 rings (SSSR count). The number of ether oxygens (including phenoxy) is 1. The number of halogens is 3. The predicted octanol–water partition coefficient (Wildman–Crippen LogP) is 2.97. The second kappa shape index (κ2) is 13.5. The van der Waals surface area contributed by atoms with Crippen molar-refractivity contribution in [3.63, 3.8) is 0 Å². The summed E-state index contributed by atoms with van der Waals surface area (Å²) in [6, 6.07) is 9.02. The molecular weight excluding hydrogens is 568 g/mol. The molecule has 3 atom stereocenters. The summed E-state index contributed by atoms with van der Waals surface area (Å²) in [5.41, 5.74) is 2.73. The normalized spacial score (nSPS) is 24.3. The summed E-state index contributed by atoms with van der Waals surface area (Å²) >= 11 is 0. The zero-order chi connectivity index (χ0) is 27.9. The minimum Gasteiger partial charge on any atom is -0.379 e. The van der Waals surface area contributed by atoms with Crippen molar-refractivity contribution >= 4 is 36.4 Å². The number of hydrogen-bond acceptors (Lipinski definition) is 6. The third-order valence-corrected chi connectivity index (χ3v) is 8.58. The first kappa shape index (κ1) is 33.5. The van der Waals surface area contributed by atoms with E-state index >= 15 is 0 Å². The lowest BCUT2D eigenvalue weighted by Gasteiger charge is -2.43. The van der Waals surface area contributed by atoms with Gasteiger partial charge in [-0.1, -0.05) is 26.0 Å². The number of nitrogens with zero attached hydrogens (tertiary/aromatic N) is 4. The quantitative estimate of drug-likeness (QED) is 0.542. The number of rotatable bonds is 6. The lowest BCUT2D eigenvalue weighted by Crippen LogP contribution is -2.62. The first-order valence-electron chi connectivity index (χ1n) is 14.1. The van der Waals surface area contributed by atoms with Crippen LogP contribution in [-0.2, 0) is 28.4 Å². The molecule has 0 saturated carbocycles. The number of anilines is 1. The topological polar surface area (TPSA) is 70.1 Å². The van der Waals surface area contributed by atoms with E-state index < -0.39 is 0 Å². The third-order valence-electron chi connectivity index (χ3n) is 8.58. The summed E-state index contributed by atoms with van der Waals surface area (Å²) in [7, 11) is 1.79. The number of piperazine rings is 1. The van der Waals surface area contributed by atoms with Gasteiger partial charge in [-0.15, -0.1) is 24.8 Å². The van der Waals surface area contributed by atoms with Crippen LogP contribution < -0.4 is 15.8 Å². The molecule has 11 heteroatoms. The van der Waals surface area contributed by atoms with Crippen LogP contribution in [0.25, 0.3) is 0 Å². The second-order valence-corrected chi connectivity index (χ2v) is 12.2. The molecule has 2 saturated heterocycles. The van der Waals surface area contributed by atoms with Gasteiger partial charge in [0.25, 0.3) is 5.56 Å². The number of carbonyl (C=O) groups excluding carboxylic acids is 1. The van der Waals surface area contributed by atoms with Crippen LogP contribution >= 0.6 is 24.8 Å². The number of morpholine rings is 1. The van der Waals surface area contributed by atoms with Crippen molar-refractivity contribution in [2.24, 2.45) is 7.05 Å². The van der Waals surface area contributed by atoms with Crippen LogP contribution in [0.1, 0.15) is 44.5 Å². The van der Waals surface area contributed by atoms with Gasteiger partial charge in [-0.3, -0.25) is 19.4 Å². The van der Waals surface area contributed by atoms with Crippen LogP contribution in [0.15, 0.2) is 35.1 Å². The number of aromatic nitrogens is 1. The van der Waals surface area contributed by atoms with Crippen LogP contribution in [0, 0.1) is 5.82 Å². The molecule has 8 nitrogen and oxygen atoms in total. The van der Waals surface area contributed by atoms with Gasteiger partial charge in [0.15, 0.2) is 0 Å². The van der Waals surface area contributed by atoms with E-state index in [1.807, 2.05) is 11.0 Å². The number of hydrogen-bond donors (Lipinski definition) is 1. The molecule has 1 aromatic heterocycles. The van der Waals surface area contributed by atoms with E-state index in [-0.39, 0.29) is 53.6 Å². The maximum atomic E-state index is 14.0. The highest BCUT2D eigenvalue weighted by Crippen LogP contribution is 2.40. The number of amides is 1. The van der Waals surface area contributed by atoms with Gasteiger partial charge in [0.2, 0.25) is 5.91 Å². The lowest BCUT2D eigenvalue weighted by molar-refractivity contribution is -0.121. The molecule has 2 aromatic rings. The molecule has 2 fully saturated rings. The highest BCUT2D eigenvalue weighted by Gasteiger charge is 2.42.